The maximum Gasteiger partial charge on any atom is 0.259 e. The highest BCUT2D eigenvalue weighted by atomic mass is 16.5. The lowest BCUT2D eigenvalue weighted by atomic mass is 10.0. The Morgan fingerprint density at radius 3 is 2.59 bits per heavy atom. The molecule has 0 fully saturated rings. The van der Waals surface area contributed by atoms with E-state index in [1.807, 2.05) is 62.7 Å². The van der Waals surface area contributed by atoms with E-state index in [4.69, 9.17) is 4.74 Å². The summed E-state index contributed by atoms with van der Waals surface area (Å²) in [7, 11) is 3.37. The molecule has 0 aliphatic heterocycles. The van der Waals surface area contributed by atoms with Crippen molar-refractivity contribution < 1.29 is 14.3 Å². The molecule has 170 valence electrons. The Morgan fingerprint density at radius 1 is 1.22 bits per heavy atom. The van der Waals surface area contributed by atoms with E-state index < -0.39 is 0 Å². The molecule has 0 saturated carbocycles. The van der Waals surface area contributed by atoms with Crippen LogP contribution < -0.4 is 10.1 Å². The lowest BCUT2D eigenvalue weighted by Gasteiger charge is -2.21. The third-order valence-electron chi connectivity index (χ3n) is 5.35. The molecule has 2 amide bonds. The van der Waals surface area contributed by atoms with Gasteiger partial charge in [-0.1, -0.05) is 25.1 Å². The van der Waals surface area contributed by atoms with Crippen molar-refractivity contribution in [3.05, 3.63) is 53.3 Å². The van der Waals surface area contributed by atoms with Gasteiger partial charge in [0.1, 0.15) is 5.75 Å². The number of aryl methyl sites for hydroxylation is 1. The molecule has 1 N–H and O–H groups in total. The molecule has 1 atom stereocenters. The van der Waals surface area contributed by atoms with E-state index >= 15 is 0 Å². The van der Waals surface area contributed by atoms with E-state index in [2.05, 4.69) is 15.4 Å². The summed E-state index contributed by atoms with van der Waals surface area (Å²) in [5, 5.41) is 8.33. The van der Waals surface area contributed by atoms with Gasteiger partial charge in [-0.2, -0.15) is 5.10 Å². The zero-order valence-corrected chi connectivity index (χ0v) is 19.5. The first-order valence-corrected chi connectivity index (χ1v) is 10.8. The van der Waals surface area contributed by atoms with Gasteiger partial charge in [-0.3, -0.25) is 9.59 Å². The predicted molar refractivity (Wildman–Crippen MR) is 124 cm³/mol. The number of ether oxygens (including phenoxy) is 1. The van der Waals surface area contributed by atoms with Crippen LogP contribution in [0.2, 0.25) is 0 Å². The molecular formula is C24H31N5O3. The van der Waals surface area contributed by atoms with Crippen LogP contribution in [0, 0.1) is 6.92 Å². The summed E-state index contributed by atoms with van der Waals surface area (Å²) >= 11 is 0. The van der Waals surface area contributed by atoms with Gasteiger partial charge in [0.15, 0.2) is 12.3 Å². The molecule has 8 nitrogen and oxygen atoms in total. The first-order chi connectivity index (χ1) is 15.2. The topological polar surface area (TPSA) is 89.4 Å². The van der Waals surface area contributed by atoms with Crippen LogP contribution in [-0.2, 0) is 4.79 Å². The normalized spacial score (nSPS) is 12.1. The summed E-state index contributed by atoms with van der Waals surface area (Å²) in [5.74, 6) is 0.243. The lowest BCUT2D eigenvalue weighted by molar-refractivity contribution is -0.130. The number of likely N-dealkylation sites (N-methyl/N-ethyl adjacent to an activating group) is 1. The minimum Gasteiger partial charge on any atom is -0.483 e. The maximum absolute atomic E-state index is 13.2. The standard InChI is InChI=1S/C24H31N5O3/c1-7-20(18-10-8-9-11-21(18)32-14-22(30)28(5)6)27-24(31)19-12-17-13-25-29(15(2)3)23(17)26-16(19)4/h8-13,15,20H,7,14H2,1-6H3,(H,27,31). The third-order valence-corrected chi connectivity index (χ3v) is 5.35. The van der Waals surface area contributed by atoms with Crippen molar-refractivity contribution in [3.63, 3.8) is 0 Å². The molecule has 2 heterocycles. The number of hydrogen-bond acceptors (Lipinski definition) is 5. The Labute approximate surface area is 188 Å². The smallest absolute Gasteiger partial charge is 0.259 e. The average molecular weight is 438 g/mol. The number of fused-ring (bicyclic) bond motifs is 1. The number of aromatic nitrogens is 3. The predicted octanol–water partition coefficient (Wildman–Crippen LogP) is 3.67. The minimum absolute atomic E-state index is 0.0616. The molecule has 0 aliphatic carbocycles. The Morgan fingerprint density at radius 2 is 1.94 bits per heavy atom. The van der Waals surface area contributed by atoms with Crippen molar-refractivity contribution in [2.24, 2.45) is 0 Å². The zero-order chi connectivity index (χ0) is 23.4. The summed E-state index contributed by atoms with van der Waals surface area (Å²) in [4.78, 5) is 31.2. The first kappa shape index (κ1) is 23.2. The van der Waals surface area contributed by atoms with Crippen molar-refractivity contribution >= 4 is 22.8 Å². The molecule has 0 bridgehead atoms. The number of nitrogens with zero attached hydrogens (tertiary/aromatic N) is 4. The second-order valence-corrected chi connectivity index (χ2v) is 8.27. The molecule has 2 aromatic heterocycles. The molecule has 0 saturated heterocycles. The van der Waals surface area contributed by atoms with E-state index in [0.29, 0.717) is 23.4 Å². The number of hydrogen-bond donors (Lipinski definition) is 1. The van der Waals surface area contributed by atoms with Gasteiger partial charge >= 0.3 is 0 Å². The highest BCUT2D eigenvalue weighted by Crippen LogP contribution is 2.28. The number of carbonyl (C=O) groups is 2. The first-order valence-electron chi connectivity index (χ1n) is 10.8. The molecule has 0 radical (unpaired) electrons. The van der Waals surface area contributed by atoms with E-state index in [9.17, 15) is 9.59 Å². The van der Waals surface area contributed by atoms with Gasteiger partial charge in [-0.25, -0.2) is 9.67 Å². The van der Waals surface area contributed by atoms with Crippen molar-refractivity contribution in [1.29, 1.82) is 0 Å². The van der Waals surface area contributed by atoms with Crippen LogP contribution in [0.5, 0.6) is 5.75 Å². The van der Waals surface area contributed by atoms with Crippen LogP contribution in [0.1, 0.15) is 60.9 Å². The summed E-state index contributed by atoms with van der Waals surface area (Å²) in [6.07, 6.45) is 2.40. The number of amides is 2. The van der Waals surface area contributed by atoms with Crippen LogP contribution in [0.3, 0.4) is 0 Å². The Kier molecular flexibility index (Phi) is 7.12. The van der Waals surface area contributed by atoms with E-state index in [1.165, 1.54) is 4.90 Å². The lowest BCUT2D eigenvalue weighted by Crippen LogP contribution is -2.30. The Balaban J connectivity index is 1.84. The van der Waals surface area contributed by atoms with E-state index in [0.717, 1.165) is 16.6 Å². The van der Waals surface area contributed by atoms with Gasteiger partial charge < -0.3 is 15.0 Å². The summed E-state index contributed by atoms with van der Waals surface area (Å²) in [6.45, 7) is 7.85. The molecule has 0 aliphatic rings. The van der Waals surface area contributed by atoms with Crippen LogP contribution >= 0.6 is 0 Å². The fraction of sp³-hybridized carbons (Fsp3) is 0.417. The number of benzene rings is 1. The number of para-hydroxylation sites is 1. The van der Waals surface area contributed by atoms with Gasteiger partial charge in [0, 0.05) is 31.1 Å². The second-order valence-electron chi connectivity index (χ2n) is 8.27. The monoisotopic (exact) mass is 437 g/mol. The number of carbonyl (C=O) groups excluding carboxylic acids is 2. The third kappa shape index (κ3) is 4.90. The Hall–Kier alpha value is -3.42. The number of pyridine rings is 1. The van der Waals surface area contributed by atoms with Crippen LogP contribution in [0.25, 0.3) is 11.0 Å². The van der Waals surface area contributed by atoms with Crippen molar-refractivity contribution in [3.8, 4) is 5.75 Å². The van der Waals surface area contributed by atoms with E-state index in [1.54, 1.807) is 20.3 Å². The highest BCUT2D eigenvalue weighted by Gasteiger charge is 2.21. The maximum atomic E-state index is 13.2. The molecule has 1 aromatic carbocycles. The largest absolute Gasteiger partial charge is 0.483 e. The van der Waals surface area contributed by atoms with Gasteiger partial charge in [0.25, 0.3) is 11.8 Å². The number of nitrogens with one attached hydrogen (secondary N) is 1. The van der Waals surface area contributed by atoms with Crippen LogP contribution in [0.4, 0.5) is 0 Å². The Bertz CT molecular complexity index is 1120. The summed E-state index contributed by atoms with van der Waals surface area (Å²) in [5.41, 5.74) is 2.76. The minimum atomic E-state index is -0.276. The summed E-state index contributed by atoms with van der Waals surface area (Å²) < 4.78 is 7.62. The molecule has 8 heteroatoms. The van der Waals surface area contributed by atoms with Gasteiger partial charge in [0.2, 0.25) is 0 Å². The van der Waals surface area contributed by atoms with Gasteiger partial charge in [0.05, 0.1) is 23.5 Å². The SMILES string of the molecule is CCC(NC(=O)c1cc2cnn(C(C)C)c2nc1C)c1ccccc1OCC(=O)N(C)C. The highest BCUT2D eigenvalue weighted by molar-refractivity contribution is 5.98. The molecule has 1 unspecified atom stereocenters. The van der Waals surface area contributed by atoms with Gasteiger partial charge in [-0.05, 0) is 39.3 Å². The molecule has 32 heavy (non-hydrogen) atoms. The van der Waals surface area contributed by atoms with Crippen LogP contribution in [0.15, 0.2) is 36.5 Å². The molecule has 0 spiro atoms. The number of rotatable bonds is 8. The van der Waals surface area contributed by atoms with Crippen molar-refractivity contribution in [1.82, 2.24) is 25.0 Å². The van der Waals surface area contributed by atoms with Crippen molar-refractivity contribution in [2.45, 2.75) is 46.2 Å². The zero-order valence-electron chi connectivity index (χ0n) is 19.5. The average Bonchev–Trinajstić information content (AvgIpc) is 3.18. The quantitative estimate of drug-likeness (QED) is 0.581. The van der Waals surface area contributed by atoms with E-state index in [-0.39, 0.29) is 30.5 Å². The second kappa shape index (κ2) is 9.80. The van der Waals surface area contributed by atoms with Crippen LogP contribution in [-0.4, -0.2) is 52.2 Å². The molecular weight excluding hydrogens is 406 g/mol. The van der Waals surface area contributed by atoms with Crippen molar-refractivity contribution in [2.75, 3.05) is 20.7 Å². The fourth-order valence-corrected chi connectivity index (χ4v) is 3.48. The van der Waals surface area contributed by atoms with Gasteiger partial charge in [-0.15, -0.1) is 0 Å². The molecule has 3 aromatic rings. The summed E-state index contributed by atoms with van der Waals surface area (Å²) in [6, 6.07) is 9.20. The fourth-order valence-electron chi connectivity index (χ4n) is 3.48. The molecule has 3 rings (SSSR count).